The number of hydrogen-bond donors (Lipinski definition) is 1. The highest BCUT2D eigenvalue weighted by Crippen LogP contribution is 2.47. The maximum absolute atomic E-state index is 10.2. The van der Waals surface area contributed by atoms with Crippen molar-refractivity contribution < 1.29 is 14.6 Å². The fourth-order valence-electron chi connectivity index (χ4n) is 1.49. The van der Waals surface area contributed by atoms with E-state index in [1.807, 2.05) is 39.8 Å². The van der Waals surface area contributed by atoms with E-state index in [9.17, 15) is 5.11 Å². The van der Waals surface area contributed by atoms with E-state index in [0.717, 1.165) is 10.6 Å². The summed E-state index contributed by atoms with van der Waals surface area (Å²) in [6.45, 7) is 7.97. The van der Waals surface area contributed by atoms with E-state index in [4.69, 9.17) is 21.1 Å². The number of fused-ring (bicyclic) bond motifs is 1. The highest BCUT2D eigenvalue weighted by molar-refractivity contribution is 7.99. The zero-order valence-electron chi connectivity index (χ0n) is 11.6. The molecule has 0 fully saturated rings. The summed E-state index contributed by atoms with van der Waals surface area (Å²) in [5.74, 6) is 2.10. The van der Waals surface area contributed by atoms with Crippen LogP contribution in [0.15, 0.2) is 17.0 Å². The summed E-state index contributed by atoms with van der Waals surface area (Å²) in [6, 6.07) is 3.75. The Kier molecular flexibility index (Phi) is 3.96. The first-order chi connectivity index (χ1) is 8.72. The van der Waals surface area contributed by atoms with Gasteiger partial charge in [0.05, 0.1) is 15.5 Å². The first kappa shape index (κ1) is 14.8. The number of hydrogen-bond acceptors (Lipinski definition) is 4. The number of aliphatic hydroxyl groups is 1. The summed E-state index contributed by atoms with van der Waals surface area (Å²) >= 11 is 7.69. The van der Waals surface area contributed by atoms with Crippen molar-refractivity contribution in [2.24, 2.45) is 5.41 Å². The maximum atomic E-state index is 10.2. The summed E-state index contributed by atoms with van der Waals surface area (Å²) in [4.78, 5) is 0.995. The molecule has 1 N–H and O–H groups in total. The topological polar surface area (TPSA) is 38.7 Å². The molecule has 0 aromatic heterocycles. The molecule has 1 aromatic rings. The van der Waals surface area contributed by atoms with Gasteiger partial charge in [0.1, 0.15) is 0 Å². The van der Waals surface area contributed by atoms with Crippen LogP contribution in [-0.2, 0) is 0 Å². The molecule has 3 nitrogen and oxygen atoms in total. The Balaban J connectivity index is 2.16. The van der Waals surface area contributed by atoms with Crippen molar-refractivity contribution in [3.63, 3.8) is 0 Å². The van der Waals surface area contributed by atoms with E-state index in [1.54, 1.807) is 11.8 Å². The zero-order chi connectivity index (χ0) is 14.3. The minimum atomic E-state index is -0.743. The standard InChI is InChI=1S/C14H19ClO3S/c1-13(2,14(3,4)16)7-19-10-6-5-9(15)11-12(10)18-8-17-11/h5-6,16H,7-8H2,1-4H3. The van der Waals surface area contributed by atoms with Gasteiger partial charge in [-0.25, -0.2) is 0 Å². The van der Waals surface area contributed by atoms with E-state index in [-0.39, 0.29) is 12.2 Å². The lowest BCUT2D eigenvalue weighted by Gasteiger charge is -2.37. The molecule has 0 saturated heterocycles. The van der Waals surface area contributed by atoms with Crippen LogP contribution in [-0.4, -0.2) is 23.3 Å². The Labute approximate surface area is 123 Å². The molecule has 19 heavy (non-hydrogen) atoms. The summed E-state index contributed by atoms with van der Waals surface area (Å²) in [6.07, 6.45) is 0. The molecule has 0 atom stereocenters. The summed E-state index contributed by atoms with van der Waals surface area (Å²) in [5, 5.41) is 10.7. The Morgan fingerprint density at radius 1 is 1.21 bits per heavy atom. The van der Waals surface area contributed by atoms with Crippen molar-refractivity contribution in [3.8, 4) is 11.5 Å². The molecule has 0 aliphatic carbocycles. The van der Waals surface area contributed by atoms with E-state index < -0.39 is 5.60 Å². The molecule has 0 amide bonds. The van der Waals surface area contributed by atoms with Gasteiger partial charge in [0, 0.05) is 11.2 Å². The SMILES string of the molecule is CC(C)(O)C(C)(C)CSc1ccc(Cl)c2c1OCO2. The molecule has 0 saturated carbocycles. The lowest BCUT2D eigenvalue weighted by molar-refractivity contribution is -0.0210. The van der Waals surface area contributed by atoms with Gasteiger partial charge in [-0.05, 0) is 26.0 Å². The highest BCUT2D eigenvalue weighted by atomic mass is 35.5. The number of rotatable bonds is 4. The van der Waals surface area contributed by atoms with Crippen LogP contribution in [0.2, 0.25) is 5.02 Å². The first-order valence-corrected chi connectivity index (χ1v) is 7.52. The molecule has 1 aliphatic rings. The van der Waals surface area contributed by atoms with Gasteiger partial charge in [-0.2, -0.15) is 0 Å². The average molecular weight is 303 g/mol. The molecule has 0 spiro atoms. The van der Waals surface area contributed by atoms with Gasteiger partial charge in [-0.1, -0.05) is 25.4 Å². The monoisotopic (exact) mass is 302 g/mol. The largest absolute Gasteiger partial charge is 0.452 e. The number of ether oxygens (including phenoxy) is 2. The van der Waals surface area contributed by atoms with E-state index in [2.05, 4.69) is 0 Å². The highest BCUT2D eigenvalue weighted by Gasteiger charge is 2.35. The van der Waals surface area contributed by atoms with Crippen LogP contribution in [0.4, 0.5) is 0 Å². The molecule has 1 aliphatic heterocycles. The van der Waals surface area contributed by atoms with Gasteiger partial charge in [-0.15, -0.1) is 11.8 Å². The Bertz CT molecular complexity index is 480. The fourth-order valence-corrected chi connectivity index (χ4v) is 3.01. The Morgan fingerprint density at radius 2 is 1.84 bits per heavy atom. The molecular weight excluding hydrogens is 284 g/mol. The quantitative estimate of drug-likeness (QED) is 0.855. The van der Waals surface area contributed by atoms with Crippen LogP contribution in [0.5, 0.6) is 11.5 Å². The van der Waals surface area contributed by atoms with Crippen LogP contribution < -0.4 is 9.47 Å². The van der Waals surface area contributed by atoms with Gasteiger partial charge in [0.25, 0.3) is 0 Å². The first-order valence-electron chi connectivity index (χ1n) is 6.16. The second-order valence-electron chi connectivity index (χ2n) is 5.84. The molecular formula is C14H19ClO3S. The van der Waals surface area contributed by atoms with Crippen LogP contribution >= 0.6 is 23.4 Å². The number of thioether (sulfide) groups is 1. The van der Waals surface area contributed by atoms with Crippen LogP contribution in [0.1, 0.15) is 27.7 Å². The van der Waals surface area contributed by atoms with Crippen LogP contribution in [0.25, 0.3) is 0 Å². The Hall–Kier alpha value is -0.580. The van der Waals surface area contributed by atoms with E-state index in [0.29, 0.717) is 16.5 Å². The molecule has 1 aromatic carbocycles. The molecule has 2 rings (SSSR count). The molecule has 5 heteroatoms. The van der Waals surface area contributed by atoms with Gasteiger partial charge in [0.15, 0.2) is 11.5 Å². The third-order valence-electron chi connectivity index (χ3n) is 3.68. The van der Waals surface area contributed by atoms with E-state index >= 15 is 0 Å². The summed E-state index contributed by atoms with van der Waals surface area (Å²) in [7, 11) is 0. The average Bonchev–Trinajstić information content (AvgIpc) is 2.76. The smallest absolute Gasteiger partial charge is 0.231 e. The number of benzene rings is 1. The lowest BCUT2D eigenvalue weighted by Crippen LogP contribution is -2.40. The zero-order valence-corrected chi connectivity index (χ0v) is 13.2. The third-order valence-corrected chi connectivity index (χ3v) is 5.48. The van der Waals surface area contributed by atoms with Gasteiger partial charge >= 0.3 is 0 Å². The van der Waals surface area contributed by atoms with Crippen molar-refractivity contribution in [2.45, 2.75) is 38.2 Å². The maximum Gasteiger partial charge on any atom is 0.231 e. The van der Waals surface area contributed by atoms with Gasteiger partial charge in [0.2, 0.25) is 6.79 Å². The van der Waals surface area contributed by atoms with Crippen molar-refractivity contribution in [1.29, 1.82) is 0 Å². The molecule has 0 unspecified atom stereocenters. The van der Waals surface area contributed by atoms with Crippen molar-refractivity contribution >= 4 is 23.4 Å². The van der Waals surface area contributed by atoms with Gasteiger partial charge in [-0.3, -0.25) is 0 Å². The number of halogens is 1. The van der Waals surface area contributed by atoms with Crippen LogP contribution in [0, 0.1) is 5.41 Å². The molecule has 106 valence electrons. The third kappa shape index (κ3) is 2.96. The summed E-state index contributed by atoms with van der Waals surface area (Å²) < 4.78 is 10.8. The van der Waals surface area contributed by atoms with E-state index in [1.165, 1.54) is 0 Å². The summed E-state index contributed by atoms with van der Waals surface area (Å²) in [5.41, 5.74) is -0.962. The molecule has 0 radical (unpaired) electrons. The van der Waals surface area contributed by atoms with Gasteiger partial charge < -0.3 is 14.6 Å². The van der Waals surface area contributed by atoms with Crippen LogP contribution in [0.3, 0.4) is 0 Å². The lowest BCUT2D eigenvalue weighted by atomic mass is 9.79. The minimum absolute atomic E-state index is 0.210. The van der Waals surface area contributed by atoms with Crippen molar-refractivity contribution in [2.75, 3.05) is 12.5 Å². The molecule has 0 bridgehead atoms. The predicted octanol–water partition coefficient (Wildman–Crippen LogP) is 3.96. The Morgan fingerprint density at radius 3 is 2.47 bits per heavy atom. The normalized spacial score (nSPS) is 14.8. The van der Waals surface area contributed by atoms with Crippen molar-refractivity contribution in [3.05, 3.63) is 17.2 Å². The minimum Gasteiger partial charge on any atom is -0.452 e. The fraction of sp³-hybridized carbons (Fsp3) is 0.571. The predicted molar refractivity (Wildman–Crippen MR) is 78.4 cm³/mol. The molecule has 1 heterocycles. The second kappa shape index (κ2) is 5.08. The van der Waals surface area contributed by atoms with Crippen molar-refractivity contribution in [1.82, 2.24) is 0 Å². The second-order valence-corrected chi connectivity index (χ2v) is 7.27.